The number of hydrogen-bond acceptors (Lipinski definition) is 6. The molecule has 0 radical (unpaired) electrons. The number of nitrogens with one attached hydrogen (secondary N) is 1. The molecule has 0 bridgehead atoms. The summed E-state index contributed by atoms with van der Waals surface area (Å²) in [4.78, 5) is 25.5. The van der Waals surface area contributed by atoms with E-state index in [9.17, 15) is 4.79 Å². The number of nitrogens with zero attached hydrogens (tertiary/aromatic N) is 5. The van der Waals surface area contributed by atoms with Gasteiger partial charge in [-0.2, -0.15) is 0 Å². The molecule has 5 N–H and O–H groups in total. The van der Waals surface area contributed by atoms with Crippen LogP contribution in [-0.4, -0.2) is 39.1 Å². The normalized spacial score (nSPS) is 11.3. The number of fused-ring (bicyclic) bond motifs is 2. The largest absolute Gasteiger partial charge is 0.493 e. The number of carbonyl (C=O) groups excluding carboxylic acids is 1. The Morgan fingerprint density at radius 1 is 1.28 bits per heavy atom. The fourth-order valence-corrected chi connectivity index (χ4v) is 4.01. The van der Waals surface area contributed by atoms with Crippen molar-refractivity contribution in [3.63, 3.8) is 0 Å². The smallest absolute Gasteiger partial charge is 0.277 e. The summed E-state index contributed by atoms with van der Waals surface area (Å²) in [6, 6.07) is 7.86. The maximum Gasteiger partial charge on any atom is 0.277 e. The van der Waals surface area contributed by atoms with E-state index >= 15 is 0 Å². The van der Waals surface area contributed by atoms with Gasteiger partial charge < -0.3 is 21.2 Å². The number of H-pyrrole nitrogens is 1. The fraction of sp³-hybridized carbons (Fsp3) is 0.364. The Morgan fingerprint density at radius 2 is 2.12 bits per heavy atom. The van der Waals surface area contributed by atoms with E-state index in [0.29, 0.717) is 36.7 Å². The van der Waals surface area contributed by atoms with Crippen molar-refractivity contribution in [1.29, 1.82) is 0 Å². The number of nitrogens with two attached hydrogens (primary N) is 2. The molecule has 0 unspecified atom stereocenters. The molecule has 0 aliphatic carbocycles. The molecular formula is C22H29N8O2+. The number of amides is 1. The van der Waals surface area contributed by atoms with Gasteiger partial charge in [-0.3, -0.25) is 9.69 Å². The number of aromatic nitrogens is 5. The van der Waals surface area contributed by atoms with Gasteiger partial charge in [-0.05, 0) is 45.0 Å². The number of aromatic amines is 1. The summed E-state index contributed by atoms with van der Waals surface area (Å²) >= 11 is 0. The van der Waals surface area contributed by atoms with Crippen molar-refractivity contribution < 1.29 is 14.1 Å². The van der Waals surface area contributed by atoms with Crippen LogP contribution in [0.25, 0.3) is 22.2 Å². The number of rotatable bonds is 10. The molecule has 3 aromatic heterocycles. The zero-order chi connectivity index (χ0) is 22.7. The van der Waals surface area contributed by atoms with Crippen LogP contribution in [0.1, 0.15) is 26.1 Å². The van der Waals surface area contributed by atoms with Crippen molar-refractivity contribution in [3.05, 3.63) is 36.3 Å². The van der Waals surface area contributed by atoms with Crippen LogP contribution in [-0.2, 0) is 24.4 Å². The minimum absolute atomic E-state index is 0.199. The summed E-state index contributed by atoms with van der Waals surface area (Å²) < 4.78 is 10.2. The third-order valence-corrected chi connectivity index (χ3v) is 5.50. The quantitative estimate of drug-likeness (QED) is 0.197. The van der Waals surface area contributed by atoms with Gasteiger partial charge >= 0.3 is 0 Å². The number of carbonyl (C=O) groups is 1. The topological polar surface area (TPSA) is 132 Å². The van der Waals surface area contributed by atoms with Gasteiger partial charge in [0.2, 0.25) is 6.41 Å². The lowest BCUT2D eigenvalue weighted by molar-refractivity contribution is -0.676. The first-order valence-corrected chi connectivity index (χ1v) is 10.8. The van der Waals surface area contributed by atoms with Crippen molar-refractivity contribution >= 4 is 40.2 Å². The second-order valence-electron chi connectivity index (χ2n) is 7.42. The van der Waals surface area contributed by atoms with Crippen molar-refractivity contribution in [2.45, 2.75) is 39.9 Å². The molecular weight excluding hydrogens is 408 g/mol. The summed E-state index contributed by atoms with van der Waals surface area (Å²) in [5, 5.41) is 0. The molecule has 1 aromatic carbocycles. The van der Waals surface area contributed by atoms with Crippen molar-refractivity contribution in [2.24, 2.45) is 5.73 Å². The number of nitrogen functional groups attached to an aromatic ring is 1. The van der Waals surface area contributed by atoms with E-state index in [-0.39, 0.29) is 5.82 Å². The van der Waals surface area contributed by atoms with Crippen LogP contribution in [0.5, 0.6) is 5.75 Å². The Bertz CT molecular complexity index is 1250. The van der Waals surface area contributed by atoms with Gasteiger partial charge in [0.15, 0.2) is 28.3 Å². The second-order valence-corrected chi connectivity index (χ2v) is 7.42. The molecule has 4 aromatic rings. The van der Waals surface area contributed by atoms with Crippen molar-refractivity contribution in [1.82, 2.24) is 19.5 Å². The molecule has 10 heteroatoms. The highest BCUT2D eigenvalue weighted by molar-refractivity contribution is 5.84. The van der Waals surface area contributed by atoms with E-state index in [4.69, 9.17) is 16.2 Å². The Hall–Kier alpha value is -3.66. The number of anilines is 2. The predicted octanol–water partition coefficient (Wildman–Crippen LogP) is 1.71. The third-order valence-electron chi connectivity index (χ3n) is 5.50. The predicted molar refractivity (Wildman–Crippen MR) is 123 cm³/mol. The van der Waals surface area contributed by atoms with E-state index in [1.54, 1.807) is 12.3 Å². The first kappa shape index (κ1) is 21.6. The molecule has 0 aliphatic heterocycles. The molecule has 3 heterocycles. The molecule has 168 valence electrons. The first-order valence-electron chi connectivity index (χ1n) is 10.8. The summed E-state index contributed by atoms with van der Waals surface area (Å²) in [5.74, 6) is 2.30. The highest BCUT2D eigenvalue weighted by atomic mass is 16.5. The zero-order valence-corrected chi connectivity index (χ0v) is 18.4. The monoisotopic (exact) mass is 437 g/mol. The van der Waals surface area contributed by atoms with Crippen LogP contribution < -0.4 is 25.7 Å². The molecule has 32 heavy (non-hydrogen) atoms. The molecule has 0 fully saturated rings. The van der Waals surface area contributed by atoms with Gasteiger partial charge in [0.05, 0.1) is 19.7 Å². The van der Waals surface area contributed by atoms with Crippen molar-refractivity contribution in [2.75, 3.05) is 23.8 Å². The van der Waals surface area contributed by atoms with Gasteiger partial charge in [0.1, 0.15) is 17.8 Å². The summed E-state index contributed by atoms with van der Waals surface area (Å²) in [5.41, 5.74) is 15.1. The van der Waals surface area contributed by atoms with Gasteiger partial charge in [0, 0.05) is 12.3 Å². The maximum atomic E-state index is 12.1. The van der Waals surface area contributed by atoms with Gasteiger partial charge in [0.25, 0.3) is 5.82 Å². The first-order chi connectivity index (χ1) is 15.6. The summed E-state index contributed by atoms with van der Waals surface area (Å²) in [7, 11) is 0. The molecule has 10 nitrogen and oxygen atoms in total. The summed E-state index contributed by atoms with van der Waals surface area (Å²) in [6.45, 7) is 7.12. The highest BCUT2D eigenvalue weighted by Gasteiger charge is 2.27. The van der Waals surface area contributed by atoms with E-state index in [1.807, 2.05) is 12.1 Å². The van der Waals surface area contributed by atoms with Crippen LogP contribution >= 0.6 is 0 Å². The molecule has 0 aliphatic rings. The van der Waals surface area contributed by atoms with E-state index in [0.717, 1.165) is 48.5 Å². The Kier molecular flexibility index (Phi) is 6.22. The maximum absolute atomic E-state index is 12.1. The Balaban J connectivity index is 1.75. The van der Waals surface area contributed by atoms with Gasteiger partial charge in [-0.15, -0.1) is 0 Å². The minimum Gasteiger partial charge on any atom is -0.493 e. The molecule has 4 rings (SSSR count). The molecule has 0 saturated heterocycles. The van der Waals surface area contributed by atoms with Gasteiger partial charge in [-0.25, -0.2) is 19.1 Å². The standard InChI is InChI=1S/C22H29N8O2/c1-3-29-17-7-6-15(32-11-5-9-23)12-18(17)30(4-2)19(29)13-28(14-31)22-20(24)27-21-16(26-22)8-10-25-21/h6-8,10,12,14H,3-5,9,11,13,23H2,1-2H3,(H3,24,25,27)/q+1. The number of hydrogen-bond donors (Lipinski definition) is 3. The third kappa shape index (κ3) is 3.84. The number of aryl methyl sites for hydroxylation is 2. The zero-order valence-electron chi connectivity index (χ0n) is 18.4. The van der Waals surface area contributed by atoms with Crippen LogP contribution in [0.4, 0.5) is 11.6 Å². The number of imidazole rings is 1. The highest BCUT2D eigenvalue weighted by Crippen LogP contribution is 2.25. The van der Waals surface area contributed by atoms with E-state index in [1.165, 1.54) is 4.90 Å². The minimum atomic E-state index is 0.199. The average Bonchev–Trinajstić information content (AvgIpc) is 3.37. The van der Waals surface area contributed by atoms with E-state index in [2.05, 4.69) is 44.0 Å². The van der Waals surface area contributed by atoms with Crippen LogP contribution in [0, 0.1) is 0 Å². The lowest BCUT2D eigenvalue weighted by atomic mass is 10.3. The Morgan fingerprint density at radius 3 is 2.84 bits per heavy atom. The Labute approximate surface area is 185 Å². The number of benzene rings is 1. The fourth-order valence-electron chi connectivity index (χ4n) is 4.01. The SMILES string of the molecule is CCn1c(CN(C=O)c2nc3cc[nH]c3nc2N)[n+](CC)c2ccc(OCCCN)cc21. The molecule has 1 amide bonds. The molecule has 0 saturated carbocycles. The van der Waals surface area contributed by atoms with Crippen molar-refractivity contribution in [3.8, 4) is 5.75 Å². The number of ether oxygens (including phenoxy) is 1. The second kappa shape index (κ2) is 9.23. The van der Waals surface area contributed by atoms with Crippen LogP contribution in [0.3, 0.4) is 0 Å². The average molecular weight is 438 g/mol. The van der Waals surface area contributed by atoms with Gasteiger partial charge in [-0.1, -0.05) is 0 Å². The van der Waals surface area contributed by atoms with E-state index < -0.39 is 0 Å². The molecule has 0 spiro atoms. The van der Waals surface area contributed by atoms with Crippen LogP contribution in [0.15, 0.2) is 30.5 Å². The summed E-state index contributed by atoms with van der Waals surface area (Å²) in [6.07, 6.45) is 3.29. The lowest BCUT2D eigenvalue weighted by Crippen LogP contribution is -2.40. The lowest BCUT2D eigenvalue weighted by Gasteiger charge is -2.16. The van der Waals surface area contributed by atoms with Crippen LogP contribution in [0.2, 0.25) is 0 Å². The molecule has 0 atom stereocenters.